The summed E-state index contributed by atoms with van der Waals surface area (Å²) in [5.74, 6) is 0.931. The highest BCUT2D eigenvalue weighted by atomic mass is 32.2. The third kappa shape index (κ3) is 3.00. The molecule has 0 saturated carbocycles. The van der Waals surface area contributed by atoms with Crippen molar-refractivity contribution in [3.05, 3.63) is 23.7 Å². The number of carboxylic acid groups (broad SMARTS) is 1. The predicted molar refractivity (Wildman–Crippen MR) is 76.8 cm³/mol. The molecule has 1 aliphatic rings. The number of nitrogens with zero attached hydrogens (tertiary/aromatic N) is 1. The Balaban J connectivity index is 1.99. The van der Waals surface area contributed by atoms with Gasteiger partial charge in [0.05, 0.1) is 11.2 Å². The number of likely N-dealkylation sites (tertiary alicyclic amines) is 1. The van der Waals surface area contributed by atoms with Gasteiger partial charge < -0.3 is 14.4 Å². The number of rotatable bonds is 4. The molecule has 1 N–H and O–H groups in total. The molecule has 1 aliphatic heterocycles. The quantitative estimate of drug-likeness (QED) is 0.924. The summed E-state index contributed by atoms with van der Waals surface area (Å²) in [6.45, 7) is 2.65. The molecule has 0 aromatic carbocycles. The van der Waals surface area contributed by atoms with E-state index in [1.807, 2.05) is 12.3 Å². The average Bonchev–Trinajstić information content (AvgIpc) is 2.88. The molecule has 0 spiro atoms. The van der Waals surface area contributed by atoms with Crippen LogP contribution in [-0.4, -0.2) is 41.2 Å². The van der Waals surface area contributed by atoms with Gasteiger partial charge in [0.2, 0.25) is 0 Å². The number of aliphatic carboxylic acids is 1. The highest BCUT2D eigenvalue weighted by Crippen LogP contribution is 2.31. The number of carbonyl (C=O) groups is 2. The molecular weight excluding hydrogens is 278 g/mol. The second kappa shape index (κ2) is 5.91. The van der Waals surface area contributed by atoms with E-state index in [9.17, 15) is 14.7 Å². The topological polar surface area (TPSA) is 70.8 Å². The van der Waals surface area contributed by atoms with Crippen molar-refractivity contribution in [1.82, 2.24) is 4.90 Å². The van der Waals surface area contributed by atoms with E-state index in [0.717, 1.165) is 11.5 Å². The van der Waals surface area contributed by atoms with Crippen molar-refractivity contribution < 1.29 is 19.1 Å². The fourth-order valence-electron chi connectivity index (χ4n) is 2.29. The SMILES string of the molecule is CSCc1ccc(C(=O)N2CCC(C)(C(=O)O)CC2)o1. The monoisotopic (exact) mass is 297 g/mol. The fourth-order valence-corrected chi connectivity index (χ4v) is 2.73. The smallest absolute Gasteiger partial charge is 0.309 e. The van der Waals surface area contributed by atoms with E-state index >= 15 is 0 Å². The molecule has 0 unspecified atom stereocenters. The molecule has 0 aliphatic carbocycles. The van der Waals surface area contributed by atoms with Gasteiger partial charge in [0.25, 0.3) is 5.91 Å². The molecule has 5 nitrogen and oxygen atoms in total. The molecule has 2 heterocycles. The summed E-state index contributed by atoms with van der Waals surface area (Å²) >= 11 is 1.63. The van der Waals surface area contributed by atoms with E-state index in [1.165, 1.54) is 0 Å². The number of hydrogen-bond donors (Lipinski definition) is 1. The first kappa shape index (κ1) is 15.0. The highest BCUT2D eigenvalue weighted by molar-refractivity contribution is 7.97. The van der Waals surface area contributed by atoms with E-state index in [4.69, 9.17) is 4.42 Å². The summed E-state index contributed by atoms with van der Waals surface area (Å²) in [4.78, 5) is 25.1. The van der Waals surface area contributed by atoms with E-state index < -0.39 is 11.4 Å². The number of carbonyl (C=O) groups excluding carboxylic acids is 1. The van der Waals surface area contributed by atoms with Crippen LogP contribution in [0.2, 0.25) is 0 Å². The van der Waals surface area contributed by atoms with Crippen LogP contribution < -0.4 is 0 Å². The summed E-state index contributed by atoms with van der Waals surface area (Å²) in [5, 5.41) is 9.18. The third-order valence-corrected chi connectivity index (χ3v) is 4.40. The number of hydrogen-bond acceptors (Lipinski definition) is 4. The lowest BCUT2D eigenvalue weighted by Crippen LogP contribution is -2.45. The van der Waals surface area contributed by atoms with E-state index in [1.54, 1.807) is 29.7 Å². The first-order valence-electron chi connectivity index (χ1n) is 6.56. The minimum Gasteiger partial charge on any atom is -0.481 e. The molecule has 0 atom stereocenters. The summed E-state index contributed by atoms with van der Waals surface area (Å²) in [5.41, 5.74) is -0.718. The normalized spacial score (nSPS) is 18.0. The van der Waals surface area contributed by atoms with Crippen molar-refractivity contribution in [2.24, 2.45) is 5.41 Å². The van der Waals surface area contributed by atoms with Crippen molar-refractivity contribution in [3.63, 3.8) is 0 Å². The van der Waals surface area contributed by atoms with Gasteiger partial charge in [-0.15, -0.1) is 0 Å². The maximum absolute atomic E-state index is 12.3. The van der Waals surface area contributed by atoms with Gasteiger partial charge in [0.15, 0.2) is 5.76 Å². The number of thioether (sulfide) groups is 1. The fraction of sp³-hybridized carbons (Fsp3) is 0.571. The third-order valence-electron chi connectivity index (χ3n) is 3.83. The van der Waals surface area contributed by atoms with Crippen molar-refractivity contribution in [3.8, 4) is 0 Å². The minimum absolute atomic E-state index is 0.148. The van der Waals surface area contributed by atoms with E-state index in [0.29, 0.717) is 31.7 Å². The zero-order valence-electron chi connectivity index (χ0n) is 11.7. The van der Waals surface area contributed by atoms with Crippen molar-refractivity contribution in [1.29, 1.82) is 0 Å². The molecule has 110 valence electrons. The van der Waals surface area contributed by atoms with Crippen molar-refractivity contribution in [2.75, 3.05) is 19.3 Å². The highest BCUT2D eigenvalue weighted by Gasteiger charge is 2.38. The van der Waals surface area contributed by atoms with Gasteiger partial charge in [-0.25, -0.2) is 0 Å². The maximum atomic E-state index is 12.3. The average molecular weight is 297 g/mol. The van der Waals surface area contributed by atoms with Gasteiger partial charge in [0.1, 0.15) is 5.76 Å². The predicted octanol–water partition coefficient (Wildman–Crippen LogP) is 2.47. The van der Waals surface area contributed by atoms with Gasteiger partial charge in [-0.3, -0.25) is 9.59 Å². The van der Waals surface area contributed by atoms with Crippen LogP contribution in [-0.2, 0) is 10.5 Å². The Labute approximate surface area is 122 Å². The van der Waals surface area contributed by atoms with Gasteiger partial charge in [-0.2, -0.15) is 11.8 Å². The maximum Gasteiger partial charge on any atom is 0.309 e. The summed E-state index contributed by atoms with van der Waals surface area (Å²) in [7, 11) is 0. The van der Waals surface area contributed by atoms with Crippen LogP contribution in [0.25, 0.3) is 0 Å². The van der Waals surface area contributed by atoms with Gasteiger partial charge in [-0.1, -0.05) is 0 Å². The molecular formula is C14H19NO4S. The molecule has 1 fully saturated rings. The second-order valence-corrected chi connectivity index (χ2v) is 6.22. The van der Waals surface area contributed by atoms with Crippen molar-refractivity contribution >= 4 is 23.6 Å². The van der Waals surface area contributed by atoms with E-state index in [-0.39, 0.29) is 5.91 Å². The standard InChI is InChI=1S/C14H19NO4S/c1-14(13(17)18)5-7-15(8-6-14)12(16)11-4-3-10(19-11)9-20-2/h3-4H,5-9H2,1-2H3,(H,17,18). The zero-order chi connectivity index (χ0) is 14.8. The number of amides is 1. The molecule has 2 rings (SSSR count). The van der Waals surface area contributed by atoms with Crippen LogP contribution in [0.1, 0.15) is 36.1 Å². The van der Waals surface area contributed by atoms with Gasteiger partial charge in [0, 0.05) is 13.1 Å². The van der Waals surface area contributed by atoms with Crippen LogP contribution in [0.4, 0.5) is 0 Å². The lowest BCUT2D eigenvalue weighted by Gasteiger charge is -2.36. The van der Waals surface area contributed by atoms with Crippen molar-refractivity contribution in [2.45, 2.75) is 25.5 Å². The Morgan fingerprint density at radius 1 is 1.40 bits per heavy atom. The Morgan fingerprint density at radius 2 is 2.05 bits per heavy atom. The van der Waals surface area contributed by atoms with E-state index in [2.05, 4.69) is 0 Å². The zero-order valence-corrected chi connectivity index (χ0v) is 12.5. The Bertz CT molecular complexity index is 503. The minimum atomic E-state index is -0.787. The van der Waals surface area contributed by atoms with Crippen LogP contribution >= 0.6 is 11.8 Å². The Kier molecular flexibility index (Phi) is 4.42. The molecule has 1 saturated heterocycles. The molecule has 0 bridgehead atoms. The largest absolute Gasteiger partial charge is 0.481 e. The van der Waals surface area contributed by atoms with Crippen LogP contribution in [0.3, 0.4) is 0 Å². The molecule has 1 aromatic rings. The summed E-state index contributed by atoms with van der Waals surface area (Å²) in [6.07, 6.45) is 2.93. The Morgan fingerprint density at radius 3 is 2.60 bits per heavy atom. The molecule has 20 heavy (non-hydrogen) atoms. The van der Waals surface area contributed by atoms with Gasteiger partial charge >= 0.3 is 5.97 Å². The lowest BCUT2D eigenvalue weighted by molar-refractivity contribution is -0.150. The molecule has 0 radical (unpaired) electrons. The second-order valence-electron chi connectivity index (χ2n) is 5.36. The molecule has 6 heteroatoms. The lowest BCUT2D eigenvalue weighted by atomic mass is 9.80. The van der Waals surface area contributed by atoms with Crippen LogP contribution in [0.5, 0.6) is 0 Å². The number of furan rings is 1. The van der Waals surface area contributed by atoms with Crippen LogP contribution in [0.15, 0.2) is 16.5 Å². The Hall–Kier alpha value is -1.43. The first-order valence-corrected chi connectivity index (χ1v) is 7.96. The van der Waals surface area contributed by atoms with Gasteiger partial charge in [-0.05, 0) is 38.2 Å². The molecule has 1 aromatic heterocycles. The summed E-state index contributed by atoms with van der Waals surface area (Å²) < 4.78 is 5.51. The first-order chi connectivity index (χ1) is 9.46. The van der Waals surface area contributed by atoms with Crippen LogP contribution in [0, 0.1) is 5.41 Å². The number of carboxylic acids is 1. The molecule has 1 amide bonds. The number of piperidine rings is 1. The summed E-state index contributed by atoms with van der Waals surface area (Å²) in [6, 6.07) is 3.51.